The highest BCUT2D eigenvalue weighted by Crippen LogP contribution is 2.33. The van der Waals surface area contributed by atoms with Crippen molar-refractivity contribution >= 4 is 0 Å². The fourth-order valence-corrected chi connectivity index (χ4v) is 2.92. The quantitative estimate of drug-likeness (QED) is 0.877. The summed E-state index contributed by atoms with van der Waals surface area (Å²) in [6, 6.07) is 5.81. The van der Waals surface area contributed by atoms with E-state index in [-0.39, 0.29) is 18.2 Å². The van der Waals surface area contributed by atoms with Crippen LogP contribution in [-0.4, -0.2) is 41.3 Å². The van der Waals surface area contributed by atoms with E-state index in [1.165, 1.54) is 12.1 Å². The highest BCUT2D eigenvalue weighted by atomic mass is 19.4. The van der Waals surface area contributed by atoms with Crippen LogP contribution in [0.3, 0.4) is 0 Å². The van der Waals surface area contributed by atoms with E-state index in [0.29, 0.717) is 6.54 Å². The minimum absolute atomic E-state index is 0.146. The summed E-state index contributed by atoms with van der Waals surface area (Å²) in [6.07, 6.45) is -3.48. The van der Waals surface area contributed by atoms with Crippen LogP contribution in [0.25, 0.3) is 0 Å². The van der Waals surface area contributed by atoms with Crippen molar-refractivity contribution in [2.75, 3.05) is 19.6 Å². The van der Waals surface area contributed by atoms with E-state index < -0.39 is 17.3 Å². The van der Waals surface area contributed by atoms with Crippen molar-refractivity contribution in [2.24, 2.45) is 0 Å². The van der Waals surface area contributed by atoms with E-state index in [0.717, 1.165) is 25.6 Å². The largest absolute Gasteiger partial charge is 0.416 e. The first-order valence-corrected chi connectivity index (χ1v) is 7.49. The van der Waals surface area contributed by atoms with Gasteiger partial charge in [-0.1, -0.05) is 18.2 Å². The Kier molecular flexibility index (Phi) is 5.14. The summed E-state index contributed by atoms with van der Waals surface area (Å²) in [5.41, 5.74) is -1.29. The fraction of sp³-hybridized carbons (Fsp3) is 0.625. The Bertz CT molecular complexity index is 491. The molecule has 3 nitrogen and oxygen atoms in total. The lowest BCUT2D eigenvalue weighted by Gasteiger charge is -2.34. The van der Waals surface area contributed by atoms with Crippen LogP contribution in [0.15, 0.2) is 24.3 Å². The fourth-order valence-electron chi connectivity index (χ4n) is 2.92. The summed E-state index contributed by atoms with van der Waals surface area (Å²) in [7, 11) is 0. The molecule has 2 N–H and O–H groups in total. The van der Waals surface area contributed by atoms with Crippen molar-refractivity contribution in [1.82, 2.24) is 10.2 Å². The zero-order valence-electron chi connectivity index (χ0n) is 13.0. The maximum absolute atomic E-state index is 13.1. The molecule has 1 atom stereocenters. The maximum Gasteiger partial charge on any atom is 0.416 e. The number of hydrogen-bond acceptors (Lipinski definition) is 3. The standard InChI is InChI=1S/C16H23F3N2O/c1-15(2,22)11-21(13-7-8-20-9-13)10-12-5-3-4-6-14(12)16(17,18)19/h3-6,13,20,22H,7-11H2,1-2H3/t13-/m0/s1. The second-order valence-corrected chi connectivity index (χ2v) is 6.52. The molecule has 22 heavy (non-hydrogen) atoms. The average Bonchev–Trinajstić information content (AvgIpc) is 2.89. The molecule has 0 unspecified atom stereocenters. The molecule has 1 saturated heterocycles. The highest BCUT2D eigenvalue weighted by Gasteiger charge is 2.34. The van der Waals surface area contributed by atoms with E-state index in [4.69, 9.17) is 0 Å². The van der Waals surface area contributed by atoms with Crippen LogP contribution in [0, 0.1) is 0 Å². The Balaban J connectivity index is 2.23. The molecule has 1 aliphatic rings. The molecule has 0 aromatic heterocycles. The van der Waals surface area contributed by atoms with Gasteiger partial charge in [-0.15, -0.1) is 0 Å². The first-order valence-electron chi connectivity index (χ1n) is 7.49. The van der Waals surface area contributed by atoms with Crippen molar-refractivity contribution in [3.8, 4) is 0 Å². The van der Waals surface area contributed by atoms with Crippen LogP contribution in [0.5, 0.6) is 0 Å². The lowest BCUT2D eigenvalue weighted by atomic mass is 10.0. The van der Waals surface area contributed by atoms with Gasteiger partial charge in [-0.3, -0.25) is 4.90 Å². The summed E-state index contributed by atoms with van der Waals surface area (Å²) in [4.78, 5) is 1.95. The molecule has 0 aliphatic carbocycles. The molecule has 1 aromatic rings. The number of aliphatic hydroxyl groups is 1. The number of hydrogen-bond donors (Lipinski definition) is 2. The molecule has 2 rings (SSSR count). The third-order valence-corrected chi connectivity index (χ3v) is 3.84. The predicted molar refractivity (Wildman–Crippen MR) is 79.4 cm³/mol. The average molecular weight is 316 g/mol. The Hall–Kier alpha value is -1.11. The number of halogens is 3. The number of rotatable bonds is 5. The number of nitrogens with zero attached hydrogens (tertiary/aromatic N) is 1. The first kappa shape index (κ1) is 17.2. The van der Waals surface area contributed by atoms with Crippen molar-refractivity contribution in [3.05, 3.63) is 35.4 Å². The molecule has 0 spiro atoms. The van der Waals surface area contributed by atoms with Crippen LogP contribution in [-0.2, 0) is 12.7 Å². The van der Waals surface area contributed by atoms with Gasteiger partial charge in [0.25, 0.3) is 0 Å². The van der Waals surface area contributed by atoms with Crippen LogP contribution < -0.4 is 5.32 Å². The molecular weight excluding hydrogens is 293 g/mol. The summed E-state index contributed by atoms with van der Waals surface area (Å²) in [5, 5.41) is 13.3. The molecule has 0 bridgehead atoms. The van der Waals surface area contributed by atoms with Gasteiger partial charge in [0, 0.05) is 25.7 Å². The van der Waals surface area contributed by atoms with E-state index in [2.05, 4.69) is 5.32 Å². The minimum Gasteiger partial charge on any atom is -0.389 e. The molecule has 0 amide bonds. The van der Waals surface area contributed by atoms with Crippen molar-refractivity contribution in [1.29, 1.82) is 0 Å². The van der Waals surface area contributed by atoms with Gasteiger partial charge < -0.3 is 10.4 Å². The van der Waals surface area contributed by atoms with Crippen LogP contribution in [0.2, 0.25) is 0 Å². The maximum atomic E-state index is 13.1. The molecule has 1 fully saturated rings. The normalized spacial score (nSPS) is 19.9. The smallest absolute Gasteiger partial charge is 0.389 e. The van der Waals surface area contributed by atoms with Gasteiger partial charge in [0.05, 0.1) is 11.2 Å². The SMILES string of the molecule is CC(C)(O)CN(Cc1ccccc1C(F)(F)F)[C@H]1CCNC1. The van der Waals surface area contributed by atoms with Gasteiger partial charge in [-0.25, -0.2) is 0 Å². The number of nitrogens with one attached hydrogen (secondary N) is 1. The second-order valence-electron chi connectivity index (χ2n) is 6.52. The molecule has 0 radical (unpaired) electrons. The Morgan fingerprint density at radius 3 is 2.50 bits per heavy atom. The molecule has 1 aliphatic heterocycles. The summed E-state index contributed by atoms with van der Waals surface area (Å²) in [6.45, 7) is 5.48. The van der Waals surface area contributed by atoms with Crippen molar-refractivity contribution in [2.45, 2.75) is 44.6 Å². The molecule has 0 saturated carbocycles. The molecule has 6 heteroatoms. The van der Waals surface area contributed by atoms with Crippen LogP contribution in [0.1, 0.15) is 31.4 Å². The highest BCUT2D eigenvalue weighted by molar-refractivity contribution is 5.29. The van der Waals surface area contributed by atoms with E-state index >= 15 is 0 Å². The predicted octanol–water partition coefficient (Wildman–Crippen LogP) is 2.64. The van der Waals surface area contributed by atoms with Crippen LogP contribution >= 0.6 is 0 Å². The third-order valence-electron chi connectivity index (χ3n) is 3.84. The van der Waals surface area contributed by atoms with E-state index in [9.17, 15) is 18.3 Å². The van der Waals surface area contributed by atoms with Gasteiger partial charge in [0.15, 0.2) is 0 Å². The third kappa shape index (κ3) is 4.69. The van der Waals surface area contributed by atoms with Crippen molar-refractivity contribution < 1.29 is 18.3 Å². The minimum atomic E-state index is -4.36. The van der Waals surface area contributed by atoms with Crippen molar-refractivity contribution in [3.63, 3.8) is 0 Å². The zero-order chi connectivity index (χ0) is 16.4. The summed E-state index contributed by atoms with van der Waals surface area (Å²) < 4.78 is 39.4. The van der Waals surface area contributed by atoms with Gasteiger partial charge in [-0.2, -0.15) is 13.2 Å². The Morgan fingerprint density at radius 1 is 1.27 bits per heavy atom. The first-order chi connectivity index (χ1) is 10.2. The van der Waals surface area contributed by atoms with E-state index in [1.54, 1.807) is 19.9 Å². The van der Waals surface area contributed by atoms with Gasteiger partial charge in [0.2, 0.25) is 0 Å². The summed E-state index contributed by atoms with van der Waals surface area (Å²) >= 11 is 0. The molecule has 1 aromatic carbocycles. The van der Waals surface area contributed by atoms with Crippen LogP contribution in [0.4, 0.5) is 13.2 Å². The second kappa shape index (κ2) is 6.56. The monoisotopic (exact) mass is 316 g/mol. The zero-order valence-corrected chi connectivity index (χ0v) is 13.0. The lowest BCUT2D eigenvalue weighted by Crippen LogP contribution is -2.45. The molecule has 1 heterocycles. The lowest BCUT2D eigenvalue weighted by molar-refractivity contribution is -0.138. The summed E-state index contributed by atoms with van der Waals surface area (Å²) in [5.74, 6) is 0. The molecular formula is C16H23F3N2O. The number of benzene rings is 1. The number of alkyl halides is 3. The Morgan fingerprint density at radius 2 is 1.95 bits per heavy atom. The van der Waals surface area contributed by atoms with E-state index in [1.807, 2.05) is 4.90 Å². The van der Waals surface area contributed by atoms with Gasteiger partial charge in [0.1, 0.15) is 0 Å². The van der Waals surface area contributed by atoms with Gasteiger partial charge >= 0.3 is 6.18 Å². The molecule has 124 valence electrons. The topological polar surface area (TPSA) is 35.5 Å². The Labute approximate surface area is 129 Å². The van der Waals surface area contributed by atoms with Gasteiger partial charge in [-0.05, 0) is 38.4 Å².